The number of rotatable bonds is 2. The zero-order valence-corrected chi connectivity index (χ0v) is 7.33. The predicted octanol–water partition coefficient (Wildman–Crippen LogP) is 1.77. The Bertz CT molecular complexity index is 270. The van der Waals surface area contributed by atoms with Crippen molar-refractivity contribution in [3.05, 3.63) is 21.9 Å². The lowest BCUT2D eigenvalue weighted by molar-refractivity contribution is -0.390. The lowest BCUT2D eigenvalue weighted by Gasteiger charge is -1.96. The van der Waals surface area contributed by atoms with E-state index >= 15 is 0 Å². The lowest BCUT2D eigenvalue weighted by Crippen LogP contribution is -1.93. The largest absolute Gasteiger partial charge is 0.393 e. The van der Waals surface area contributed by atoms with E-state index in [0.717, 1.165) is 0 Å². The predicted molar refractivity (Wildman–Crippen MR) is 42.6 cm³/mol. The van der Waals surface area contributed by atoms with E-state index in [0.29, 0.717) is 5.56 Å². The van der Waals surface area contributed by atoms with Gasteiger partial charge in [0.15, 0.2) is 0 Å². The number of hydrogen-bond acceptors (Lipinski definition) is 3. The fraction of sp³-hybridized carbons (Fsp3) is 0.400. The summed E-state index contributed by atoms with van der Waals surface area (Å²) in [6.07, 6.45) is 1.51. The van der Waals surface area contributed by atoms with Crippen molar-refractivity contribution in [2.45, 2.75) is 11.8 Å². The molecule has 5 nitrogen and oxygen atoms in total. The van der Waals surface area contributed by atoms with Gasteiger partial charge in [-0.05, 0) is 11.8 Å². The summed E-state index contributed by atoms with van der Waals surface area (Å²) in [5.74, 6) is -0.116. The Kier molecular flexibility index (Phi) is 2.23. The third kappa shape index (κ3) is 1.56. The highest BCUT2D eigenvalue weighted by Gasteiger charge is 2.19. The molecule has 0 aliphatic carbocycles. The van der Waals surface area contributed by atoms with Crippen LogP contribution in [0.3, 0.4) is 0 Å². The molecule has 1 atom stereocenters. The fourth-order valence-electron chi connectivity index (χ4n) is 0.731. The van der Waals surface area contributed by atoms with Crippen LogP contribution in [0.15, 0.2) is 6.20 Å². The molecular formula is C5H6BrN3O2. The van der Waals surface area contributed by atoms with Gasteiger partial charge in [0.1, 0.15) is 0 Å². The zero-order chi connectivity index (χ0) is 8.43. The van der Waals surface area contributed by atoms with E-state index in [1.54, 1.807) is 6.92 Å². The first kappa shape index (κ1) is 8.19. The van der Waals surface area contributed by atoms with Crippen LogP contribution in [-0.2, 0) is 0 Å². The van der Waals surface area contributed by atoms with Crippen molar-refractivity contribution in [1.82, 2.24) is 10.2 Å². The van der Waals surface area contributed by atoms with Crippen molar-refractivity contribution in [1.29, 1.82) is 0 Å². The molecule has 0 aliphatic heterocycles. The van der Waals surface area contributed by atoms with Crippen molar-refractivity contribution >= 4 is 21.7 Å². The third-order valence-electron chi connectivity index (χ3n) is 1.25. The molecule has 6 heteroatoms. The number of H-pyrrole nitrogens is 1. The molecule has 0 saturated carbocycles. The fourth-order valence-corrected chi connectivity index (χ4v) is 1.07. The van der Waals surface area contributed by atoms with Crippen molar-refractivity contribution < 1.29 is 4.92 Å². The number of halogens is 1. The maximum atomic E-state index is 10.3. The summed E-state index contributed by atoms with van der Waals surface area (Å²) in [5, 5.41) is 16.2. The maximum Gasteiger partial charge on any atom is 0.393 e. The van der Waals surface area contributed by atoms with Gasteiger partial charge < -0.3 is 10.1 Å². The van der Waals surface area contributed by atoms with Crippen LogP contribution in [0.25, 0.3) is 0 Å². The van der Waals surface area contributed by atoms with Crippen LogP contribution < -0.4 is 0 Å². The number of hydrogen-bond donors (Lipinski definition) is 1. The molecule has 1 unspecified atom stereocenters. The summed E-state index contributed by atoms with van der Waals surface area (Å²) in [7, 11) is 0. The molecule has 1 N–H and O–H groups in total. The molecule has 11 heavy (non-hydrogen) atoms. The van der Waals surface area contributed by atoms with Crippen molar-refractivity contribution in [3.8, 4) is 0 Å². The Morgan fingerprint density at radius 2 is 2.55 bits per heavy atom. The number of aromatic amines is 1. The Morgan fingerprint density at radius 1 is 1.91 bits per heavy atom. The van der Waals surface area contributed by atoms with Crippen LogP contribution >= 0.6 is 15.9 Å². The normalized spacial score (nSPS) is 12.9. The monoisotopic (exact) mass is 219 g/mol. The number of nitrogens with zero attached hydrogens (tertiary/aromatic N) is 2. The highest BCUT2D eigenvalue weighted by atomic mass is 79.9. The first-order valence-corrected chi connectivity index (χ1v) is 3.86. The van der Waals surface area contributed by atoms with Crippen LogP contribution in [0.1, 0.15) is 17.3 Å². The van der Waals surface area contributed by atoms with Gasteiger partial charge >= 0.3 is 5.82 Å². The summed E-state index contributed by atoms with van der Waals surface area (Å²) >= 11 is 3.22. The minimum atomic E-state index is -0.510. The molecule has 0 fully saturated rings. The Hall–Kier alpha value is -0.910. The molecular weight excluding hydrogens is 214 g/mol. The molecule has 1 aromatic rings. The van der Waals surface area contributed by atoms with Crippen LogP contribution in [-0.4, -0.2) is 15.1 Å². The highest BCUT2D eigenvalue weighted by molar-refractivity contribution is 9.09. The number of nitro groups is 1. The summed E-state index contributed by atoms with van der Waals surface area (Å²) < 4.78 is 0. The van der Waals surface area contributed by atoms with Gasteiger partial charge in [-0.2, -0.15) is 5.10 Å². The van der Waals surface area contributed by atoms with Gasteiger partial charge in [-0.15, -0.1) is 0 Å². The molecule has 0 spiro atoms. The topological polar surface area (TPSA) is 71.8 Å². The highest BCUT2D eigenvalue weighted by Crippen LogP contribution is 2.27. The summed E-state index contributed by atoms with van der Waals surface area (Å²) in [5.41, 5.74) is 0.565. The zero-order valence-electron chi connectivity index (χ0n) is 5.74. The quantitative estimate of drug-likeness (QED) is 0.469. The van der Waals surface area contributed by atoms with Crippen LogP contribution in [0.5, 0.6) is 0 Å². The van der Waals surface area contributed by atoms with Gasteiger partial charge in [0.2, 0.25) is 0 Å². The smallest absolute Gasteiger partial charge is 0.358 e. The van der Waals surface area contributed by atoms with Crippen molar-refractivity contribution in [2.24, 2.45) is 0 Å². The molecule has 1 heterocycles. The maximum absolute atomic E-state index is 10.3. The first-order chi connectivity index (χ1) is 5.13. The lowest BCUT2D eigenvalue weighted by atomic mass is 10.3. The number of alkyl halides is 1. The van der Waals surface area contributed by atoms with E-state index in [9.17, 15) is 10.1 Å². The van der Waals surface area contributed by atoms with E-state index in [1.807, 2.05) is 0 Å². The van der Waals surface area contributed by atoms with Gasteiger partial charge in [-0.1, -0.05) is 15.9 Å². The summed E-state index contributed by atoms with van der Waals surface area (Å²) in [4.78, 5) is 9.73. The van der Waals surface area contributed by atoms with E-state index in [2.05, 4.69) is 26.1 Å². The van der Waals surface area contributed by atoms with Gasteiger partial charge in [0.25, 0.3) is 0 Å². The molecule has 0 radical (unpaired) electrons. The van der Waals surface area contributed by atoms with E-state index < -0.39 is 4.92 Å². The second-order valence-electron chi connectivity index (χ2n) is 2.04. The van der Waals surface area contributed by atoms with Crippen LogP contribution in [0.4, 0.5) is 5.82 Å². The second-order valence-corrected chi connectivity index (χ2v) is 3.41. The summed E-state index contributed by atoms with van der Waals surface area (Å²) in [6, 6.07) is 0. The molecule has 0 saturated heterocycles. The molecule has 1 aromatic heterocycles. The first-order valence-electron chi connectivity index (χ1n) is 2.95. The average molecular weight is 220 g/mol. The van der Waals surface area contributed by atoms with Crippen molar-refractivity contribution in [3.63, 3.8) is 0 Å². The van der Waals surface area contributed by atoms with Gasteiger partial charge in [0.05, 0.1) is 16.9 Å². The van der Waals surface area contributed by atoms with Crippen LogP contribution in [0.2, 0.25) is 0 Å². The molecule has 0 amide bonds. The Labute approximate surface area is 71.1 Å². The molecule has 0 aromatic carbocycles. The van der Waals surface area contributed by atoms with Crippen molar-refractivity contribution in [2.75, 3.05) is 0 Å². The van der Waals surface area contributed by atoms with E-state index in [-0.39, 0.29) is 10.6 Å². The van der Waals surface area contributed by atoms with E-state index in [1.165, 1.54) is 6.20 Å². The minimum absolute atomic E-state index is 0.0540. The second kappa shape index (κ2) is 3.00. The SMILES string of the molecule is CC(Br)c1c[nH]nc1[N+](=O)[O-]. The number of aromatic nitrogens is 2. The third-order valence-corrected chi connectivity index (χ3v) is 1.74. The Morgan fingerprint density at radius 3 is 2.91 bits per heavy atom. The van der Waals surface area contributed by atoms with Gasteiger partial charge in [-0.25, -0.2) is 0 Å². The van der Waals surface area contributed by atoms with Gasteiger partial charge in [0, 0.05) is 4.83 Å². The van der Waals surface area contributed by atoms with E-state index in [4.69, 9.17) is 0 Å². The molecule has 0 aliphatic rings. The Balaban J connectivity index is 3.06. The number of nitrogens with one attached hydrogen (secondary N) is 1. The molecule has 1 rings (SSSR count). The van der Waals surface area contributed by atoms with Gasteiger partial charge in [-0.3, -0.25) is 0 Å². The molecule has 60 valence electrons. The average Bonchev–Trinajstić information content (AvgIpc) is 2.32. The standard InChI is InChI=1S/C5H6BrN3O2/c1-3(6)4-2-7-8-5(4)9(10)11/h2-3H,1H3,(H,7,8). The molecule has 0 bridgehead atoms. The summed E-state index contributed by atoms with van der Waals surface area (Å²) in [6.45, 7) is 1.80. The minimum Gasteiger partial charge on any atom is -0.358 e. The van der Waals surface area contributed by atoms with Crippen LogP contribution in [0, 0.1) is 10.1 Å².